The fourth-order valence-corrected chi connectivity index (χ4v) is 3.00. The monoisotopic (exact) mass is 424 g/mol. The number of ether oxygens (including phenoxy) is 1. The SMILES string of the molecule is COc1ccccc1-c1nnc(SCc2ccc(I)cc2)o1. The van der Waals surface area contributed by atoms with E-state index >= 15 is 0 Å². The van der Waals surface area contributed by atoms with E-state index in [1.807, 2.05) is 24.3 Å². The Morgan fingerprint density at radius 1 is 1.09 bits per heavy atom. The molecule has 0 saturated heterocycles. The van der Waals surface area contributed by atoms with E-state index in [1.165, 1.54) is 20.9 Å². The Morgan fingerprint density at radius 2 is 1.86 bits per heavy atom. The largest absolute Gasteiger partial charge is 0.496 e. The second-order valence-corrected chi connectivity index (χ2v) is 6.66. The molecule has 22 heavy (non-hydrogen) atoms. The van der Waals surface area contributed by atoms with Gasteiger partial charge in [0.1, 0.15) is 5.75 Å². The second kappa shape index (κ2) is 7.15. The third-order valence-corrected chi connectivity index (χ3v) is 4.63. The number of thioether (sulfide) groups is 1. The molecule has 0 bridgehead atoms. The van der Waals surface area contributed by atoms with Crippen LogP contribution in [-0.2, 0) is 5.75 Å². The molecule has 0 aliphatic carbocycles. The number of rotatable bonds is 5. The second-order valence-electron chi connectivity index (χ2n) is 4.49. The van der Waals surface area contributed by atoms with Crippen LogP contribution in [0, 0.1) is 3.57 Å². The van der Waals surface area contributed by atoms with Gasteiger partial charge in [-0.2, -0.15) is 0 Å². The summed E-state index contributed by atoms with van der Waals surface area (Å²) in [6.07, 6.45) is 0. The standard InChI is InChI=1S/C16H13IN2O2S/c1-20-14-5-3-2-4-13(14)15-18-19-16(21-15)22-10-11-6-8-12(17)9-7-11/h2-9H,10H2,1H3. The first-order chi connectivity index (χ1) is 10.8. The van der Waals surface area contributed by atoms with Crippen molar-refractivity contribution >= 4 is 34.4 Å². The van der Waals surface area contributed by atoms with Gasteiger partial charge >= 0.3 is 0 Å². The Bertz CT molecular complexity index is 759. The highest BCUT2D eigenvalue weighted by Gasteiger charge is 2.13. The van der Waals surface area contributed by atoms with Crippen molar-refractivity contribution < 1.29 is 9.15 Å². The van der Waals surface area contributed by atoms with Gasteiger partial charge in [-0.1, -0.05) is 36.0 Å². The summed E-state index contributed by atoms with van der Waals surface area (Å²) in [4.78, 5) is 0. The van der Waals surface area contributed by atoms with E-state index in [2.05, 4.69) is 57.1 Å². The molecule has 3 aromatic rings. The zero-order valence-electron chi connectivity index (χ0n) is 11.8. The van der Waals surface area contributed by atoms with Gasteiger partial charge in [-0.15, -0.1) is 10.2 Å². The first kappa shape index (κ1) is 15.4. The predicted molar refractivity (Wildman–Crippen MR) is 95.0 cm³/mol. The molecule has 3 rings (SSSR count). The number of aromatic nitrogens is 2. The lowest BCUT2D eigenvalue weighted by atomic mass is 10.2. The minimum absolute atomic E-state index is 0.475. The van der Waals surface area contributed by atoms with Crippen LogP contribution in [0.2, 0.25) is 0 Å². The average molecular weight is 424 g/mol. The van der Waals surface area contributed by atoms with Crippen molar-refractivity contribution in [2.24, 2.45) is 0 Å². The van der Waals surface area contributed by atoms with Crippen LogP contribution in [0.5, 0.6) is 5.75 Å². The summed E-state index contributed by atoms with van der Waals surface area (Å²) in [7, 11) is 1.63. The molecule has 0 aliphatic heterocycles. The summed E-state index contributed by atoms with van der Waals surface area (Å²) in [6.45, 7) is 0. The average Bonchev–Trinajstić information content (AvgIpc) is 3.03. The van der Waals surface area contributed by atoms with Gasteiger partial charge in [0.15, 0.2) is 0 Å². The Hall–Kier alpha value is -1.54. The zero-order valence-corrected chi connectivity index (χ0v) is 14.8. The molecule has 0 unspecified atom stereocenters. The molecule has 1 heterocycles. The number of methoxy groups -OCH3 is 1. The lowest BCUT2D eigenvalue weighted by molar-refractivity contribution is 0.411. The van der Waals surface area contributed by atoms with Crippen molar-refractivity contribution in [1.82, 2.24) is 10.2 Å². The Balaban J connectivity index is 1.72. The summed E-state index contributed by atoms with van der Waals surface area (Å²) >= 11 is 3.82. The van der Waals surface area contributed by atoms with Crippen LogP contribution >= 0.6 is 34.4 Å². The molecule has 4 nitrogen and oxygen atoms in total. The summed E-state index contributed by atoms with van der Waals surface area (Å²) < 4.78 is 12.3. The lowest BCUT2D eigenvalue weighted by Crippen LogP contribution is -1.87. The van der Waals surface area contributed by atoms with Crippen LogP contribution in [-0.4, -0.2) is 17.3 Å². The van der Waals surface area contributed by atoms with E-state index in [1.54, 1.807) is 7.11 Å². The molecule has 0 aliphatic rings. The number of nitrogens with zero attached hydrogens (tertiary/aromatic N) is 2. The zero-order chi connectivity index (χ0) is 15.4. The predicted octanol–water partition coefficient (Wildman–Crippen LogP) is 4.64. The third-order valence-electron chi connectivity index (χ3n) is 3.02. The number of hydrogen-bond acceptors (Lipinski definition) is 5. The number of para-hydroxylation sites is 1. The molecule has 0 spiro atoms. The topological polar surface area (TPSA) is 48.2 Å². The van der Waals surface area contributed by atoms with E-state index in [4.69, 9.17) is 9.15 Å². The Kier molecular flexibility index (Phi) is 4.99. The maximum Gasteiger partial charge on any atom is 0.277 e. The van der Waals surface area contributed by atoms with Crippen molar-refractivity contribution in [3.63, 3.8) is 0 Å². The number of benzene rings is 2. The normalized spacial score (nSPS) is 10.6. The van der Waals surface area contributed by atoms with Gasteiger partial charge in [-0.3, -0.25) is 0 Å². The molecule has 0 amide bonds. The molecular formula is C16H13IN2O2S. The highest BCUT2D eigenvalue weighted by molar-refractivity contribution is 14.1. The fourth-order valence-electron chi connectivity index (χ4n) is 1.92. The van der Waals surface area contributed by atoms with E-state index in [0.717, 1.165) is 17.1 Å². The lowest BCUT2D eigenvalue weighted by Gasteiger charge is -2.03. The van der Waals surface area contributed by atoms with Crippen LogP contribution in [0.4, 0.5) is 0 Å². The smallest absolute Gasteiger partial charge is 0.277 e. The number of halogens is 1. The summed E-state index contributed by atoms with van der Waals surface area (Å²) in [6, 6.07) is 16.0. The third kappa shape index (κ3) is 3.61. The highest BCUT2D eigenvalue weighted by Crippen LogP contribution is 2.31. The van der Waals surface area contributed by atoms with Gasteiger partial charge in [-0.25, -0.2) is 0 Å². The van der Waals surface area contributed by atoms with Crippen LogP contribution < -0.4 is 4.74 Å². The molecule has 2 aromatic carbocycles. The van der Waals surface area contributed by atoms with Gasteiger partial charge in [0.05, 0.1) is 12.7 Å². The van der Waals surface area contributed by atoms with Crippen molar-refractivity contribution in [1.29, 1.82) is 0 Å². The molecule has 112 valence electrons. The molecular weight excluding hydrogens is 411 g/mol. The van der Waals surface area contributed by atoms with Crippen molar-refractivity contribution in [2.75, 3.05) is 7.11 Å². The van der Waals surface area contributed by atoms with Gasteiger partial charge in [-0.05, 0) is 52.4 Å². The molecule has 1 aromatic heterocycles. The van der Waals surface area contributed by atoms with E-state index in [-0.39, 0.29) is 0 Å². The van der Waals surface area contributed by atoms with Gasteiger partial charge in [0, 0.05) is 9.32 Å². The highest BCUT2D eigenvalue weighted by atomic mass is 127. The summed E-state index contributed by atoms with van der Waals surface area (Å²) in [5.74, 6) is 1.99. The minimum Gasteiger partial charge on any atom is -0.496 e. The van der Waals surface area contributed by atoms with Crippen LogP contribution in [0.1, 0.15) is 5.56 Å². The number of hydrogen-bond donors (Lipinski definition) is 0. The van der Waals surface area contributed by atoms with Crippen LogP contribution in [0.3, 0.4) is 0 Å². The van der Waals surface area contributed by atoms with Crippen molar-refractivity contribution in [2.45, 2.75) is 11.0 Å². The van der Waals surface area contributed by atoms with E-state index in [0.29, 0.717) is 11.1 Å². The Morgan fingerprint density at radius 3 is 2.64 bits per heavy atom. The van der Waals surface area contributed by atoms with Crippen LogP contribution in [0.25, 0.3) is 11.5 Å². The van der Waals surface area contributed by atoms with E-state index in [9.17, 15) is 0 Å². The molecule has 0 radical (unpaired) electrons. The molecule has 0 atom stereocenters. The quantitative estimate of drug-likeness (QED) is 0.441. The summed E-state index contributed by atoms with van der Waals surface area (Å²) in [5.41, 5.74) is 2.03. The molecule has 0 saturated carbocycles. The minimum atomic E-state index is 0.475. The maximum absolute atomic E-state index is 5.72. The molecule has 6 heteroatoms. The van der Waals surface area contributed by atoms with E-state index < -0.39 is 0 Å². The summed E-state index contributed by atoms with van der Waals surface area (Å²) in [5, 5.41) is 8.75. The van der Waals surface area contributed by atoms with Crippen molar-refractivity contribution in [3.05, 3.63) is 57.7 Å². The first-order valence-corrected chi connectivity index (χ1v) is 8.67. The van der Waals surface area contributed by atoms with Gasteiger partial charge < -0.3 is 9.15 Å². The fraction of sp³-hybridized carbons (Fsp3) is 0.125. The van der Waals surface area contributed by atoms with Gasteiger partial charge in [0.25, 0.3) is 11.1 Å². The van der Waals surface area contributed by atoms with Gasteiger partial charge in [0.2, 0.25) is 0 Å². The maximum atomic E-state index is 5.72. The first-order valence-electron chi connectivity index (χ1n) is 6.60. The van der Waals surface area contributed by atoms with Crippen LogP contribution in [0.15, 0.2) is 58.2 Å². The Labute approximate surface area is 146 Å². The molecule has 0 N–H and O–H groups in total. The van der Waals surface area contributed by atoms with Crippen molar-refractivity contribution in [3.8, 4) is 17.2 Å². The molecule has 0 fully saturated rings.